The van der Waals surface area contributed by atoms with Gasteiger partial charge in [0.25, 0.3) is 0 Å². The Balaban J connectivity index is 1.22. The highest BCUT2D eigenvalue weighted by Gasteiger charge is 2.30. The van der Waals surface area contributed by atoms with Crippen molar-refractivity contribution in [2.75, 3.05) is 0 Å². The van der Waals surface area contributed by atoms with Crippen LogP contribution in [0.15, 0.2) is 65.1 Å². The van der Waals surface area contributed by atoms with Gasteiger partial charge in [-0.15, -0.1) is 21.5 Å². The summed E-state index contributed by atoms with van der Waals surface area (Å²) in [4.78, 5) is 4.74. The quantitative estimate of drug-likeness (QED) is 0.301. The van der Waals surface area contributed by atoms with Gasteiger partial charge < -0.3 is 9.30 Å². The summed E-state index contributed by atoms with van der Waals surface area (Å²) in [6.07, 6.45) is 2.43. The number of hydrogen-bond donors (Lipinski definition) is 0. The lowest BCUT2D eigenvalue weighted by molar-refractivity contribution is 0.305. The maximum Gasteiger partial charge on any atom is 0.191 e. The Labute approximate surface area is 190 Å². The molecule has 1 aliphatic carbocycles. The highest BCUT2D eigenvalue weighted by atomic mass is 32.2. The van der Waals surface area contributed by atoms with Crippen LogP contribution in [0.2, 0.25) is 0 Å². The molecule has 31 heavy (non-hydrogen) atoms. The van der Waals surface area contributed by atoms with Crippen molar-refractivity contribution in [3.05, 3.63) is 87.6 Å². The van der Waals surface area contributed by atoms with Gasteiger partial charge in [-0.3, -0.25) is 0 Å². The van der Waals surface area contributed by atoms with Crippen molar-refractivity contribution in [1.82, 2.24) is 19.7 Å². The monoisotopic (exact) mass is 448 g/mol. The van der Waals surface area contributed by atoms with Gasteiger partial charge in [-0.1, -0.05) is 59.8 Å². The Kier molecular flexibility index (Phi) is 6.04. The van der Waals surface area contributed by atoms with Crippen molar-refractivity contribution < 1.29 is 4.74 Å². The van der Waals surface area contributed by atoms with Gasteiger partial charge >= 0.3 is 0 Å². The van der Waals surface area contributed by atoms with Crippen molar-refractivity contribution in [3.8, 4) is 5.75 Å². The summed E-state index contributed by atoms with van der Waals surface area (Å²) in [5.41, 5.74) is 3.56. The number of aromatic nitrogens is 4. The van der Waals surface area contributed by atoms with Crippen molar-refractivity contribution >= 4 is 23.1 Å². The summed E-state index contributed by atoms with van der Waals surface area (Å²) < 4.78 is 8.14. The third kappa shape index (κ3) is 5.17. The van der Waals surface area contributed by atoms with E-state index in [0.717, 1.165) is 39.7 Å². The Morgan fingerprint density at radius 2 is 1.87 bits per heavy atom. The highest BCUT2D eigenvalue weighted by Crippen LogP contribution is 2.40. The lowest BCUT2D eigenvalue weighted by atomic mass is 10.2. The molecule has 4 aromatic rings. The van der Waals surface area contributed by atoms with Crippen LogP contribution in [0.4, 0.5) is 0 Å². The predicted molar refractivity (Wildman–Crippen MR) is 125 cm³/mol. The van der Waals surface area contributed by atoms with Crippen LogP contribution in [-0.4, -0.2) is 19.7 Å². The smallest absolute Gasteiger partial charge is 0.191 e. The fraction of sp³-hybridized carbons (Fsp3) is 0.292. The predicted octanol–water partition coefficient (Wildman–Crippen LogP) is 5.84. The van der Waals surface area contributed by atoms with Gasteiger partial charge in [0.1, 0.15) is 23.2 Å². The van der Waals surface area contributed by atoms with Gasteiger partial charge in [0.05, 0.1) is 12.2 Å². The van der Waals surface area contributed by atoms with Crippen molar-refractivity contribution in [3.63, 3.8) is 0 Å². The molecule has 0 unspecified atom stereocenters. The molecule has 5 nitrogen and oxygen atoms in total. The molecule has 0 aliphatic heterocycles. The van der Waals surface area contributed by atoms with Crippen LogP contribution in [0.3, 0.4) is 0 Å². The number of thiazole rings is 1. The number of hydrogen-bond acceptors (Lipinski definition) is 6. The first-order valence-corrected chi connectivity index (χ1v) is 12.3. The lowest BCUT2D eigenvalue weighted by Crippen LogP contribution is -2.06. The summed E-state index contributed by atoms with van der Waals surface area (Å²) in [6.45, 7) is 3.38. The van der Waals surface area contributed by atoms with E-state index in [4.69, 9.17) is 9.72 Å². The molecule has 2 heterocycles. The second kappa shape index (κ2) is 9.24. The van der Waals surface area contributed by atoms with Crippen LogP contribution in [0.1, 0.15) is 46.4 Å². The van der Waals surface area contributed by atoms with E-state index in [9.17, 15) is 0 Å². The van der Waals surface area contributed by atoms with E-state index in [1.165, 1.54) is 24.0 Å². The number of ether oxygens (including phenoxy) is 1. The van der Waals surface area contributed by atoms with Crippen LogP contribution in [-0.2, 0) is 18.9 Å². The zero-order valence-corrected chi connectivity index (χ0v) is 19.0. The fourth-order valence-electron chi connectivity index (χ4n) is 3.36. The second-order valence-corrected chi connectivity index (χ2v) is 9.69. The molecule has 0 amide bonds. The molecule has 7 heteroatoms. The minimum atomic E-state index is 0.494. The van der Waals surface area contributed by atoms with Crippen LogP contribution >= 0.6 is 23.1 Å². The lowest BCUT2D eigenvalue weighted by Gasteiger charge is -2.09. The topological polar surface area (TPSA) is 52.8 Å². The largest absolute Gasteiger partial charge is 0.486 e. The zero-order chi connectivity index (χ0) is 21.0. The Morgan fingerprint density at radius 1 is 1.06 bits per heavy atom. The standard InChI is InChI=1S/C24H24N4OS2/c1-17-7-11-21(12-8-17)29-14-22-25-20(15-30-22)16-31-24-27-26-23(19-9-10-19)28(24)13-18-5-3-2-4-6-18/h2-8,11-12,15,19H,9-10,13-14,16H2,1H3. The third-order valence-corrected chi connectivity index (χ3v) is 7.07. The number of thioether (sulfide) groups is 1. The Hall–Kier alpha value is -2.64. The molecule has 2 aromatic heterocycles. The van der Waals surface area contributed by atoms with Gasteiger partial charge in [0.15, 0.2) is 5.16 Å². The Morgan fingerprint density at radius 3 is 2.65 bits per heavy atom. The minimum absolute atomic E-state index is 0.494. The van der Waals surface area contributed by atoms with E-state index in [-0.39, 0.29) is 0 Å². The molecule has 2 aromatic carbocycles. The van der Waals surface area contributed by atoms with E-state index >= 15 is 0 Å². The molecule has 0 bridgehead atoms. The maximum absolute atomic E-state index is 5.86. The normalized spacial score (nSPS) is 13.5. The average Bonchev–Trinajstić information content (AvgIpc) is 3.41. The molecule has 0 saturated heterocycles. The van der Waals surface area contributed by atoms with E-state index in [0.29, 0.717) is 12.5 Å². The molecule has 0 N–H and O–H groups in total. The molecule has 0 spiro atoms. The third-order valence-electron chi connectivity index (χ3n) is 5.20. The molecule has 0 radical (unpaired) electrons. The summed E-state index contributed by atoms with van der Waals surface area (Å²) in [5, 5.41) is 13.1. The first-order valence-electron chi connectivity index (χ1n) is 10.5. The van der Waals surface area contributed by atoms with Gasteiger partial charge in [0.2, 0.25) is 0 Å². The van der Waals surface area contributed by atoms with Crippen LogP contribution in [0.5, 0.6) is 5.75 Å². The molecule has 0 atom stereocenters. The molecular weight excluding hydrogens is 424 g/mol. The van der Waals surface area contributed by atoms with Crippen molar-refractivity contribution in [1.29, 1.82) is 0 Å². The molecule has 158 valence electrons. The molecule has 1 saturated carbocycles. The first-order chi connectivity index (χ1) is 15.2. The molecule has 5 rings (SSSR count). The van der Waals surface area contributed by atoms with Gasteiger partial charge in [-0.05, 0) is 37.5 Å². The number of rotatable bonds is 9. The number of nitrogens with zero attached hydrogens (tertiary/aromatic N) is 4. The van der Waals surface area contributed by atoms with E-state index in [2.05, 4.69) is 69.5 Å². The summed E-state index contributed by atoms with van der Waals surface area (Å²) >= 11 is 3.35. The Bertz CT molecular complexity index is 1130. The van der Waals surface area contributed by atoms with Crippen molar-refractivity contribution in [2.45, 2.75) is 49.7 Å². The van der Waals surface area contributed by atoms with Crippen molar-refractivity contribution in [2.24, 2.45) is 0 Å². The van der Waals surface area contributed by atoms with E-state index in [1.54, 1.807) is 23.1 Å². The second-order valence-electron chi connectivity index (χ2n) is 7.81. The molecular formula is C24H24N4OS2. The number of benzene rings is 2. The van der Waals surface area contributed by atoms with Gasteiger partial charge in [-0.25, -0.2) is 4.98 Å². The summed E-state index contributed by atoms with van der Waals surface area (Å²) in [7, 11) is 0. The van der Waals surface area contributed by atoms with E-state index in [1.807, 2.05) is 12.1 Å². The maximum atomic E-state index is 5.86. The summed E-state index contributed by atoms with van der Waals surface area (Å²) in [6, 6.07) is 18.6. The number of aryl methyl sites for hydroxylation is 1. The fourth-order valence-corrected chi connectivity index (χ4v) is 5.01. The molecule has 1 aliphatic rings. The van der Waals surface area contributed by atoms with Crippen LogP contribution in [0, 0.1) is 6.92 Å². The van der Waals surface area contributed by atoms with E-state index < -0.39 is 0 Å². The van der Waals surface area contributed by atoms with Gasteiger partial charge in [0, 0.05) is 17.1 Å². The van der Waals surface area contributed by atoms with Crippen LogP contribution < -0.4 is 4.74 Å². The average molecular weight is 449 g/mol. The SMILES string of the molecule is Cc1ccc(OCc2nc(CSc3nnc(C4CC4)n3Cc3ccccc3)cs2)cc1. The van der Waals surface area contributed by atoms with Gasteiger partial charge in [-0.2, -0.15) is 0 Å². The van der Waals surface area contributed by atoms with Crippen LogP contribution in [0.25, 0.3) is 0 Å². The summed E-state index contributed by atoms with van der Waals surface area (Å²) in [5.74, 6) is 3.34. The first kappa shape index (κ1) is 20.3. The highest BCUT2D eigenvalue weighted by molar-refractivity contribution is 7.98. The minimum Gasteiger partial charge on any atom is -0.486 e. The zero-order valence-electron chi connectivity index (χ0n) is 17.4. The molecule has 1 fully saturated rings.